The summed E-state index contributed by atoms with van der Waals surface area (Å²) in [6, 6.07) is 17.1. The van der Waals surface area contributed by atoms with Crippen LogP contribution in [0.5, 0.6) is 11.5 Å². The second kappa shape index (κ2) is 13.7. The van der Waals surface area contributed by atoms with Gasteiger partial charge in [0.2, 0.25) is 11.8 Å². The third-order valence-corrected chi connectivity index (χ3v) is 8.79. The molecular formula is C30H37N2O8PS. The molecule has 0 unspecified atom stereocenters. The maximum absolute atomic E-state index is 14.0. The Morgan fingerprint density at radius 1 is 1.02 bits per heavy atom. The summed E-state index contributed by atoms with van der Waals surface area (Å²) < 4.78 is 36.8. The Bertz CT molecular complexity index is 1310. The zero-order chi connectivity index (χ0) is 30.4. The number of carbonyl (C=O) groups excluding carboxylic acids is 3. The molecule has 10 nitrogen and oxygen atoms in total. The molecule has 12 heteroatoms. The van der Waals surface area contributed by atoms with Crippen molar-refractivity contribution in [1.82, 2.24) is 10.2 Å². The number of hydrogen-bond acceptors (Lipinski definition) is 9. The second-order valence-electron chi connectivity index (χ2n) is 10.7. The summed E-state index contributed by atoms with van der Waals surface area (Å²) in [5.41, 5.74) is 0.541. The molecule has 5 rings (SSSR count). The predicted molar refractivity (Wildman–Crippen MR) is 160 cm³/mol. The number of fused-ring (bicyclic) bond motifs is 1. The molecular weight excluding hydrogens is 579 g/mol. The monoisotopic (exact) mass is 616 g/mol. The van der Waals surface area contributed by atoms with Crippen molar-refractivity contribution in [2.75, 3.05) is 13.2 Å². The van der Waals surface area contributed by atoms with E-state index in [-0.39, 0.29) is 53.9 Å². The van der Waals surface area contributed by atoms with Crippen molar-refractivity contribution in [2.45, 2.75) is 51.8 Å². The number of phosphoric acid groups is 1. The molecule has 0 aromatic heterocycles. The Kier molecular flexibility index (Phi) is 10.3. The van der Waals surface area contributed by atoms with Gasteiger partial charge >= 0.3 is 13.8 Å². The molecule has 2 aromatic rings. The average molecular weight is 617 g/mol. The van der Waals surface area contributed by atoms with Crippen molar-refractivity contribution in [1.29, 1.82) is 0 Å². The third-order valence-electron chi connectivity index (χ3n) is 7.14. The molecule has 226 valence electrons. The number of β-lactam (4-membered cyclic amide) rings is 1. The van der Waals surface area contributed by atoms with E-state index in [4.69, 9.17) is 18.3 Å². The number of benzene rings is 2. The number of carbonyl (C=O) groups is 3. The lowest BCUT2D eigenvalue weighted by Gasteiger charge is -2.47. The average Bonchev–Trinajstić information content (AvgIpc) is 3.41. The fraction of sp³-hybridized carbons (Fsp3) is 0.433. The minimum Gasteiger partial charge on any atom is -0.465 e. The summed E-state index contributed by atoms with van der Waals surface area (Å²) in [5, 5.41) is 2.91. The van der Waals surface area contributed by atoms with E-state index in [9.17, 15) is 18.9 Å². The Balaban J connectivity index is 0.000000507. The van der Waals surface area contributed by atoms with Crippen LogP contribution in [0.3, 0.4) is 0 Å². The van der Waals surface area contributed by atoms with Gasteiger partial charge in [0.1, 0.15) is 17.3 Å². The zero-order valence-electron chi connectivity index (χ0n) is 24.1. The lowest BCUT2D eigenvalue weighted by Crippen LogP contribution is -2.61. The summed E-state index contributed by atoms with van der Waals surface area (Å²) in [5.74, 6) is 0.380. The van der Waals surface area contributed by atoms with Gasteiger partial charge in [0.15, 0.2) is 0 Å². The summed E-state index contributed by atoms with van der Waals surface area (Å²) >= 11 is 4.07. The van der Waals surface area contributed by atoms with Crippen molar-refractivity contribution >= 4 is 38.2 Å². The van der Waals surface area contributed by atoms with Crippen LogP contribution < -0.4 is 14.4 Å². The number of phosphoric ester groups is 1. The lowest BCUT2D eigenvalue weighted by atomic mass is 9.75. The topological polar surface area (TPSA) is 120 Å². The van der Waals surface area contributed by atoms with Gasteiger partial charge in [-0.3, -0.25) is 14.4 Å². The number of hydrogen-bond donors (Lipinski definition) is 2. The number of para-hydroxylation sites is 2. The Labute approximate surface area is 251 Å². The molecule has 0 bridgehead atoms. The minimum atomic E-state index is -4.23. The number of nitrogens with zero attached hydrogens (tertiary/aromatic N) is 1. The van der Waals surface area contributed by atoms with Crippen LogP contribution in [0.15, 0.2) is 72.1 Å². The predicted octanol–water partition coefficient (Wildman–Crippen LogP) is 5.37. The highest BCUT2D eigenvalue weighted by Crippen LogP contribution is 2.57. The second-order valence-corrected chi connectivity index (χ2v) is 12.8. The number of esters is 1. The summed E-state index contributed by atoms with van der Waals surface area (Å²) in [7, 11) is -4.23. The number of rotatable bonds is 10. The molecule has 3 aliphatic rings. The normalized spacial score (nSPS) is 23.0. The van der Waals surface area contributed by atoms with Crippen molar-refractivity contribution in [3.05, 3.63) is 72.1 Å². The number of ether oxygens (including phenoxy) is 1. The molecule has 4 atom stereocenters. The van der Waals surface area contributed by atoms with E-state index in [0.717, 1.165) is 6.54 Å². The van der Waals surface area contributed by atoms with Gasteiger partial charge in [-0.1, -0.05) is 57.2 Å². The number of thiol groups is 1. The summed E-state index contributed by atoms with van der Waals surface area (Å²) in [6.07, 6.45) is 0.825. The van der Waals surface area contributed by atoms with Gasteiger partial charge in [-0.2, -0.15) is 17.2 Å². The highest BCUT2D eigenvalue weighted by atomic mass is 32.1. The fourth-order valence-electron chi connectivity index (χ4n) is 5.25. The fourth-order valence-corrected chi connectivity index (χ4v) is 6.90. The van der Waals surface area contributed by atoms with Crippen molar-refractivity contribution in [3.8, 4) is 11.5 Å². The number of nitrogens with one attached hydrogen (secondary N) is 1. The van der Waals surface area contributed by atoms with E-state index in [1.165, 1.54) is 6.92 Å². The van der Waals surface area contributed by atoms with E-state index in [0.29, 0.717) is 29.4 Å². The molecule has 2 amide bonds. The van der Waals surface area contributed by atoms with Crippen LogP contribution in [-0.4, -0.2) is 47.1 Å². The molecule has 0 aliphatic carbocycles. The first-order valence-electron chi connectivity index (χ1n) is 13.9. The number of amides is 2. The van der Waals surface area contributed by atoms with Crippen molar-refractivity contribution < 1.29 is 37.3 Å². The van der Waals surface area contributed by atoms with Gasteiger partial charge < -0.3 is 28.5 Å². The maximum atomic E-state index is 14.0. The maximum Gasteiger partial charge on any atom is 0.646 e. The quantitative estimate of drug-likeness (QED) is 0.158. The van der Waals surface area contributed by atoms with Gasteiger partial charge in [-0.25, -0.2) is 0 Å². The van der Waals surface area contributed by atoms with E-state index < -0.39 is 13.8 Å². The van der Waals surface area contributed by atoms with Crippen LogP contribution in [0.4, 0.5) is 0 Å². The molecule has 2 saturated heterocycles. The van der Waals surface area contributed by atoms with Crippen LogP contribution in [0.2, 0.25) is 0 Å². The first-order chi connectivity index (χ1) is 20.0. The van der Waals surface area contributed by atoms with Gasteiger partial charge in [-0.05, 0) is 30.2 Å². The van der Waals surface area contributed by atoms with E-state index >= 15 is 0 Å². The van der Waals surface area contributed by atoms with E-state index in [1.807, 2.05) is 32.9 Å². The van der Waals surface area contributed by atoms with Crippen LogP contribution >= 0.6 is 20.5 Å². The van der Waals surface area contributed by atoms with E-state index in [1.54, 1.807) is 53.4 Å². The zero-order valence-corrected chi connectivity index (χ0v) is 25.9. The molecule has 0 spiro atoms. The largest absolute Gasteiger partial charge is 0.646 e. The molecule has 2 fully saturated rings. The Morgan fingerprint density at radius 2 is 1.60 bits per heavy atom. The Morgan fingerprint density at radius 3 is 2.02 bits per heavy atom. The molecule has 0 saturated carbocycles. The first-order valence-corrected chi connectivity index (χ1v) is 15.9. The third kappa shape index (κ3) is 7.50. The standard InChI is InChI=1S/C26H30NO7P.C4H7NOS/c1-17(2)23-24-18(3)25(22(27(24)26(23)29)15-16-31-19(4)28)34-35(30,32-20-11-7-5-8-12-20)33-21-13-9-6-10-14-21;6-4-1-3(7)2-5-4/h5-14,17-18,23-24H,15-16H2,1-4H3;3,7H,1-2H2,(H,5,6)/t18-,23-,24-;3-/m11/s1. The van der Waals surface area contributed by atoms with Crippen molar-refractivity contribution in [2.24, 2.45) is 17.8 Å². The highest BCUT2D eigenvalue weighted by Gasteiger charge is 2.59. The molecule has 0 radical (unpaired) electrons. The SMILES string of the molecule is CC(=O)OCCC1=C(OP(=O)(Oc2ccccc2)Oc2ccccc2)[C@H](C)[C@@H]2[C@@H](C(C)C)C(=O)N12.O=C1C[C@@H](S)CN1. The van der Waals surface area contributed by atoms with Crippen LogP contribution in [0.25, 0.3) is 0 Å². The molecule has 3 heterocycles. The molecule has 2 aromatic carbocycles. The van der Waals surface area contributed by atoms with Gasteiger partial charge in [0, 0.05) is 37.5 Å². The van der Waals surface area contributed by atoms with Crippen LogP contribution in [0, 0.1) is 17.8 Å². The van der Waals surface area contributed by atoms with Gasteiger partial charge in [-0.15, -0.1) is 0 Å². The highest BCUT2D eigenvalue weighted by molar-refractivity contribution is 7.81. The van der Waals surface area contributed by atoms with Gasteiger partial charge in [0.25, 0.3) is 0 Å². The first kappa shape index (κ1) is 31.5. The van der Waals surface area contributed by atoms with Gasteiger partial charge in [0.05, 0.1) is 24.3 Å². The molecule has 3 aliphatic heterocycles. The van der Waals surface area contributed by atoms with Crippen LogP contribution in [-0.2, 0) is 28.2 Å². The van der Waals surface area contributed by atoms with E-state index in [2.05, 4.69) is 17.9 Å². The Hall–Kier alpha value is -3.43. The summed E-state index contributed by atoms with van der Waals surface area (Å²) in [6.45, 7) is 8.07. The molecule has 42 heavy (non-hydrogen) atoms. The molecule has 1 N–H and O–H groups in total. The minimum absolute atomic E-state index is 0.0175. The smallest absolute Gasteiger partial charge is 0.465 e. The van der Waals surface area contributed by atoms with Crippen LogP contribution in [0.1, 0.15) is 40.5 Å². The van der Waals surface area contributed by atoms with Crippen molar-refractivity contribution in [3.63, 3.8) is 0 Å². The summed E-state index contributed by atoms with van der Waals surface area (Å²) in [4.78, 5) is 36.3. The lowest BCUT2D eigenvalue weighted by molar-refractivity contribution is -0.156.